The summed E-state index contributed by atoms with van der Waals surface area (Å²) in [4.78, 5) is 11.9. The normalized spacial score (nSPS) is 10.9. The van der Waals surface area contributed by atoms with Gasteiger partial charge in [0.15, 0.2) is 0 Å². The molecule has 0 aliphatic rings. The highest BCUT2D eigenvalue weighted by molar-refractivity contribution is 7.99. The van der Waals surface area contributed by atoms with Gasteiger partial charge in [-0.05, 0) is 23.6 Å². The molecule has 1 heterocycles. The molecule has 3 nitrogen and oxygen atoms in total. The van der Waals surface area contributed by atoms with Crippen molar-refractivity contribution in [1.82, 2.24) is 0 Å². The molecular formula is C14H11NO2S. The zero-order valence-electron chi connectivity index (χ0n) is 9.77. The van der Waals surface area contributed by atoms with E-state index in [9.17, 15) is 4.79 Å². The standard InChI is InChI=1S/C14H11NO2S/c1-18-15-9-6-7-11-10-4-2-3-5-12(10)14(16)17-13(11)8-9/h2-8,15H,1H3. The Morgan fingerprint density at radius 1 is 1.06 bits per heavy atom. The maximum absolute atomic E-state index is 11.9. The first-order chi connectivity index (χ1) is 8.79. The van der Waals surface area contributed by atoms with E-state index in [-0.39, 0.29) is 5.63 Å². The molecule has 3 aromatic rings. The van der Waals surface area contributed by atoms with Crippen molar-refractivity contribution in [2.24, 2.45) is 0 Å². The van der Waals surface area contributed by atoms with Crippen molar-refractivity contribution in [2.45, 2.75) is 0 Å². The number of benzene rings is 2. The zero-order chi connectivity index (χ0) is 12.5. The predicted molar refractivity (Wildman–Crippen MR) is 77.1 cm³/mol. The molecule has 0 aliphatic heterocycles. The van der Waals surface area contributed by atoms with Crippen molar-refractivity contribution in [1.29, 1.82) is 0 Å². The lowest BCUT2D eigenvalue weighted by Gasteiger charge is -2.05. The summed E-state index contributed by atoms with van der Waals surface area (Å²) in [7, 11) is 0. The Labute approximate surface area is 108 Å². The molecule has 0 radical (unpaired) electrons. The highest BCUT2D eigenvalue weighted by Gasteiger charge is 2.06. The van der Waals surface area contributed by atoms with Gasteiger partial charge < -0.3 is 9.14 Å². The summed E-state index contributed by atoms with van der Waals surface area (Å²) < 4.78 is 8.48. The zero-order valence-corrected chi connectivity index (χ0v) is 10.6. The first-order valence-electron chi connectivity index (χ1n) is 5.54. The molecule has 2 aromatic carbocycles. The number of rotatable bonds is 2. The summed E-state index contributed by atoms with van der Waals surface area (Å²) in [5, 5.41) is 2.51. The quantitative estimate of drug-likeness (QED) is 0.432. The van der Waals surface area contributed by atoms with Gasteiger partial charge in [0.2, 0.25) is 0 Å². The Morgan fingerprint density at radius 2 is 1.83 bits per heavy atom. The van der Waals surface area contributed by atoms with Crippen molar-refractivity contribution in [3.8, 4) is 0 Å². The lowest BCUT2D eigenvalue weighted by atomic mass is 10.1. The molecule has 90 valence electrons. The van der Waals surface area contributed by atoms with E-state index in [1.165, 1.54) is 11.9 Å². The van der Waals surface area contributed by atoms with E-state index >= 15 is 0 Å². The van der Waals surface area contributed by atoms with Crippen molar-refractivity contribution in [3.63, 3.8) is 0 Å². The Kier molecular flexibility index (Phi) is 2.72. The van der Waals surface area contributed by atoms with E-state index in [2.05, 4.69) is 4.72 Å². The molecule has 3 rings (SSSR count). The van der Waals surface area contributed by atoms with Gasteiger partial charge in [0.25, 0.3) is 0 Å². The molecule has 0 aliphatic carbocycles. The molecule has 0 fully saturated rings. The average molecular weight is 257 g/mol. The van der Waals surface area contributed by atoms with Gasteiger partial charge in [-0.2, -0.15) is 0 Å². The molecule has 0 atom stereocenters. The van der Waals surface area contributed by atoms with Gasteiger partial charge in [-0.15, -0.1) is 0 Å². The average Bonchev–Trinajstić information content (AvgIpc) is 2.39. The largest absolute Gasteiger partial charge is 0.422 e. The van der Waals surface area contributed by atoms with Crippen LogP contribution in [-0.2, 0) is 0 Å². The second kappa shape index (κ2) is 4.38. The monoisotopic (exact) mass is 257 g/mol. The predicted octanol–water partition coefficient (Wildman–Crippen LogP) is 3.64. The summed E-state index contributed by atoms with van der Waals surface area (Å²) in [5.41, 5.74) is 1.24. The molecule has 0 amide bonds. The van der Waals surface area contributed by atoms with Crippen LogP contribution < -0.4 is 10.3 Å². The fourth-order valence-corrected chi connectivity index (χ4v) is 2.42. The fraction of sp³-hybridized carbons (Fsp3) is 0.0714. The Hall–Kier alpha value is -1.94. The minimum absolute atomic E-state index is 0.292. The van der Waals surface area contributed by atoms with Crippen LogP contribution in [0.25, 0.3) is 21.7 Å². The number of hydrogen-bond acceptors (Lipinski definition) is 4. The van der Waals surface area contributed by atoms with Crippen LogP contribution >= 0.6 is 11.9 Å². The van der Waals surface area contributed by atoms with Crippen LogP contribution in [-0.4, -0.2) is 6.26 Å². The van der Waals surface area contributed by atoms with Gasteiger partial charge in [0, 0.05) is 23.4 Å². The molecule has 0 saturated carbocycles. The van der Waals surface area contributed by atoms with E-state index in [1.54, 1.807) is 6.07 Å². The third-order valence-corrected chi connectivity index (χ3v) is 3.28. The lowest BCUT2D eigenvalue weighted by Crippen LogP contribution is -1.99. The second-order valence-electron chi connectivity index (χ2n) is 3.95. The van der Waals surface area contributed by atoms with Crippen molar-refractivity contribution in [3.05, 3.63) is 52.9 Å². The van der Waals surface area contributed by atoms with Gasteiger partial charge >= 0.3 is 5.63 Å². The number of anilines is 1. The number of fused-ring (bicyclic) bond motifs is 3. The molecule has 0 saturated heterocycles. The second-order valence-corrected chi connectivity index (χ2v) is 4.56. The van der Waals surface area contributed by atoms with Gasteiger partial charge in [-0.1, -0.05) is 30.1 Å². The number of nitrogens with one attached hydrogen (secondary N) is 1. The van der Waals surface area contributed by atoms with E-state index in [4.69, 9.17) is 4.42 Å². The van der Waals surface area contributed by atoms with Gasteiger partial charge in [-0.3, -0.25) is 0 Å². The molecule has 18 heavy (non-hydrogen) atoms. The summed E-state index contributed by atoms with van der Waals surface area (Å²) in [6.07, 6.45) is 1.95. The summed E-state index contributed by atoms with van der Waals surface area (Å²) in [6, 6.07) is 13.3. The molecule has 4 heteroatoms. The van der Waals surface area contributed by atoms with Gasteiger partial charge in [0.05, 0.1) is 5.39 Å². The van der Waals surface area contributed by atoms with Crippen molar-refractivity contribution >= 4 is 39.4 Å². The Bertz CT molecular complexity index is 779. The molecule has 0 spiro atoms. The molecule has 1 aromatic heterocycles. The van der Waals surface area contributed by atoms with Crippen LogP contribution in [0.15, 0.2) is 51.7 Å². The van der Waals surface area contributed by atoms with Gasteiger partial charge in [0.1, 0.15) is 5.58 Å². The summed E-state index contributed by atoms with van der Waals surface area (Å²) >= 11 is 1.50. The highest BCUT2D eigenvalue weighted by atomic mass is 32.2. The first-order valence-corrected chi connectivity index (χ1v) is 6.76. The van der Waals surface area contributed by atoms with Crippen LogP contribution in [0.1, 0.15) is 0 Å². The third kappa shape index (κ3) is 1.75. The highest BCUT2D eigenvalue weighted by Crippen LogP contribution is 2.25. The van der Waals surface area contributed by atoms with Crippen LogP contribution in [0.5, 0.6) is 0 Å². The van der Waals surface area contributed by atoms with E-state index in [1.807, 2.05) is 42.7 Å². The van der Waals surface area contributed by atoms with Crippen LogP contribution in [0.4, 0.5) is 5.69 Å². The van der Waals surface area contributed by atoms with Crippen molar-refractivity contribution < 1.29 is 4.42 Å². The minimum Gasteiger partial charge on any atom is -0.422 e. The smallest absolute Gasteiger partial charge is 0.344 e. The SMILES string of the molecule is CSNc1ccc2c(c1)oc(=O)c1ccccc12. The maximum Gasteiger partial charge on any atom is 0.344 e. The molecular weight excluding hydrogens is 246 g/mol. The van der Waals surface area contributed by atoms with Crippen LogP contribution in [0.3, 0.4) is 0 Å². The van der Waals surface area contributed by atoms with E-state index < -0.39 is 0 Å². The topological polar surface area (TPSA) is 42.2 Å². The van der Waals surface area contributed by atoms with Crippen molar-refractivity contribution in [2.75, 3.05) is 11.0 Å². The lowest BCUT2D eigenvalue weighted by molar-refractivity contribution is 0.570. The van der Waals surface area contributed by atoms with E-state index in [0.717, 1.165) is 16.5 Å². The number of hydrogen-bond donors (Lipinski definition) is 1. The minimum atomic E-state index is -0.292. The Morgan fingerprint density at radius 3 is 2.61 bits per heavy atom. The first kappa shape index (κ1) is 11.2. The van der Waals surface area contributed by atoms with Crippen LogP contribution in [0, 0.1) is 0 Å². The van der Waals surface area contributed by atoms with Crippen LogP contribution in [0.2, 0.25) is 0 Å². The fourth-order valence-electron chi connectivity index (χ4n) is 2.06. The molecule has 0 unspecified atom stereocenters. The maximum atomic E-state index is 11.9. The Balaban J connectivity index is 2.39. The molecule has 0 bridgehead atoms. The van der Waals surface area contributed by atoms with Gasteiger partial charge in [-0.25, -0.2) is 4.79 Å². The van der Waals surface area contributed by atoms with E-state index in [0.29, 0.717) is 11.0 Å². The summed E-state index contributed by atoms with van der Waals surface area (Å²) in [5.74, 6) is 0. The molecule has 1 N–H and O–H groups in total. The summed E-state index contributed by atoms with van der Waals surface area (Å²) in [6.45, 7) is 0. The third-order valence-electron chi connectivity index (χ3n) is 2.84.